The molecule has 0 spiro atoms. The maximum absolute atomic E-state index is 13.4. The highest BCUT2D eigenvalue weighted by Gasteiger charge is 2.28. The molecule has 1 aliphatic rings. The van der Waals surface area contributed by atoms with Crippen LogP contribution in [-0.4, -0.2) is 46.1 Å². The van der Waals surface area contributed by atoms with Gasteiger partial charge < -0.3 is 15.2 Å². The van der Waals surface area contributed by atoms with Crippen molar-refractivity contribution < 1.29 is 8.78 Å². The standard InChI is InChI=1S/C24H24F2N6/c1-15-19-5-3-16(17-4-6-21(28-12-17)32-9-7-27-8-10-32)11-20(19)31-22(15)18-13-29-23(30-14-18)24(2,25)26/h3-6,11-14,27,31H,7-10H2,1-2H3. The fourth-order valence-electron chi connectivity index (χ4n) is 4.13. The zero-order valence-corrected chi connectivity index (χ0v) is 18.0. The third kappa shape index (κ3) is 3.82. The topological polar surface area (TPSA) is 69.7 Å². The smallest absolute Gasteiger partial charge is 0.303 e. The Balaban J connectivity index is 1.44. The molecule has 3 aromatic heterocycles. The number of nitrogens with zero attached hydrogens (tertiary/aromatic N) is 4. The minimum atomic E-state index is -3.06. The molecule has 0 radical (unpaired) electrons. The van der Waals surface area contributed by atoms with Gasteiger partial charge in [-0.25, -0.2) is 15.0 Å². The monoisotopic (exact) mass is 434 g/mol. The second-order valence-corrected chi connectivity index (χ2v) is 8.21. The molecule has 1 aliphatic heterocycles. The molecule has 1 saturated heterocycles. The Morgan fingerprint density at radius 3 is 2.25 bits per heavy atom. The normalized spacial score (nSPS) is 14.8. The summed E-state index contributed by atoms with van der Waals surface area (Å²) in [5.41, 5.74) is 5.59. The van der Waals surface area contributed by atoms with Crippen LogP contribution in [-0.2, 0) is 5.92 Å². The van der Waals surface area contributed by atoms with Crippen molar-refractivity contribution >= 4 is 16.7 Å². The molecular formula is C24H24F2N6. The number of fused-ring (bicyclic) bond motifs is 1. The fourth-order valence-corrected chi connectivity index (χ4v) is 4.13. The molecule has 4 heterocycles. The molecule has 32 heavy (non-hydrogen) atoms. The number of H-pyrrole nitrogens is 1. The number of alkyl halides is 2. The third-order valence-electron chi connectivity index (χ3n) is 5.91. The molecule has 0 bridgehead atoms. The van der Waals surface area contributed by atoms with Crippen LogP contribution in [0.15, 0.2) is 48.9 Å². The number of halogens is 2. The van der Waals surface area contributed by atoms with Gasteiger partial charge in [-0.2, -0.15) is 8.78 Å². The van der Waals surface area contributed by atoms with Crippen molar-refractivity contribution in [2.75, 3.05) is 31.1 Å². The quantitative estimate of drug-likeness (QED) is 0.494. The van der Waals surface area contributed by atoms with Crippen LogP contribution in [0.25, 0.3) is 33.3 Å². The van der Waals surface area contributed by atoms with Gasteiger partial charge >= 0.3 is 5.92 Å². The average molecular weight is 434 g/mol. The SMILES string of the molecule is Cc1c(-c2cnc(C(C)(F)F)nc2)[nH]c2cc(-c3ccc(N4CCNCC4)nc3)ccc12. The van der Waals surface area contributed by atoms with Crippen molar-refractivity contribution in [3.05, 3.63) is 60.3 Å². The Kier molecular flexibility index (Phi) is 5.09. The number of aryl methyl sites for hydroxylation is 1. The van der Waals surface area contributed by atoms with Gasteiger partial charge in [0.15, 0.2) is 5.82 Å². The number of aromatic amines is 1. The van der Waals surface area contributed by atoms with Crippen molar-refractivity contribution in [1.29, 1.82) is 0 Å². The highest BCUT2D eigenvalue weighted by molar-refractivity contribution is 5.93. The van der Waals surface area contributed by atoms with E-state index in [2.05, 4.69) is 60.5 Å². The van der Waals surface area contributed by atoms with E-state index in [4.69, 9.17) is 0 Å². The van der Waals surface area contributed by atoms with Crippen LogP contribution in [0.2, 0.25) is 0 Å². The Morgan fingerprint density at radius 2 is 1.59 bits per heavy atom. The second kappa shape index (κ2) is 7.94. The van der Waals surface area contributed by atoms with Crippen LogP contribution in [0.3, 0.4) is 0 Å². The summed E-state index contributed by atoms with van der Waals surface area (Å²) >= 11 is 0. The van der Waals surface area contributed by atoms with E-state index in [-0.39, 0.29) is 0 Å². The van der Waals surface area contributed by atoms with Gasteiger partial charge in [0.1, 0.15) is 5.82 Å². The number of hydrogen-bond donors (Lipinski definition) is 2. The molecule has 2 N–H and O–H groups in total. The molecule has 164 valence electrons. The van der Waals surface area contributed by atoms with E-state index < -0.39 is 11.7 Å². The Labute approximate surface area is 184 Å². The van der Waals surface area contributed by atoms with Gasteiger partial charge in [-0.1, -0.05) is 12.1 Å². The van der Waals surface area contributed by atoms with Gasteiger partial charge in [0.25, 0.3) is 0 Å². The van der Waals surface area contributed by atoms with Gasteiger partial charge in [0.05, 0.1) is 5.69 Å². The molecule has 8 heteroatoms. The van der Waals surface area contributed by atoms with Crippen molar-refractivity contribution in [2.45, 2.75) is 19.8 Å². The van der Waals surface area contributed by atoms with Crippen LogP contribution in [0.4, 0.5) is 14.6 Å². The lowest BCUT2D eigenvalue weighted by Gasteiger charge is -2.28. The number of piperazine rings is 1. The zero-order chi connectivity index (χ0) is 22.3. The predicted molar refractivity (Wildman–Crippen MR) is 122 cm³/mol. The van der Waals surface area contributed by atoms with E-state index in [1.165, 1.54) is 12.4 Å². The van der Waals surface area contributed by atoms with Crippen LogP contribution in [0.5, 0.6) is 0 Å². The molecule has 0 aliphatic carbocycles. The van der Waals surface area contributed by atoms with Crippen LogP contribution in [0.1, 0.15) is 18.3 Å². The first-order valence-corrected chi connectivity index (χ1v) is 10.7. The van der Waals surface area contributed by atoms with E-state index in [0.29, 0.717) is 5.56 Å². The van der Waals surface area contributed by atoms with Crippen molar-refractivity contribution in [2.24, 2.45) is 0 Å². The minimum absolute atomic E-state index is 0.478. The van der Waals surface area contributed by atoms with Crippen molar-refractivity contribution in [3.63, 3.8) is 0 Å². The van der Waals surface area contributed by atoms with Crippen molar-refractivity contribution in [3.8, 4) is 22.4 Å². The number of nitrogens with one attached hydrogen (secondary N) is 2. The lowest BCUT2D eigenvalue weighted by atomic mass is 10.0. The number of rotatable bonds is 4. The number of pyridine rings is 1. The van der Waals surface area contributed by atoms with Gasteiger partial charge in [0, 0.05) is 73.7 Å². The van der Waals surface area contributed by atoms with E-state index in [0.717, 1.165) is 72.2 Å². The summed E-state index contributed by atoms with van der Waals surface area (Å²) in [5, 5.41) is 4.42. The summed E-state index contributed by atoms with van der Waals surface area (Å²) < 4.78 is 26.9. The van der Waals surface area contributed by atoms with Gasteiger partial charge in [-0.05, 0) is 36.2 Å². The summed E-state index contributed by atoms with van der Waals surface area (Å²) in [7, 11) is 0. The molecular weight excluding hydrogens is 410 g/mol. The van der Waals surface area contributed by atoms with Crippen molar-refractivity contribution in [1.82, 2.24) is 25.3 Å². The highest BCUT2D eigenvalue weighted by atomic mass is 19.3. The van der Waals surface area contributed by atoms with Crippen LogP contribution in [0, 0.1) is 6.92 Å². The number of anilines is 1. The maximum atomic E-state index is 13.4. The Morgan fingerprint density at radius 1 is 0.906 bits per heavy atom. The maximum Gasteiger partial charge on any atom is 0.303 e. The molecule has 1 fully saturated rings. The molecule has 0 saturated carbocycles. The molecule has 5 rings (SSSR count). The zero-order valence-electron chi connectivity index (χ0n) is 18.0. The van der Waals surface area contributed by atoms with Crippen LogP contribution >= 0.6 is 0 Å². The Hall–Kier alpha value is -3.39. The summed E-state index contributed by atoms with van der Waals surface area (Å²) in [5.74, 6) is -2.54. The number of benzene rings is 1. The first-order valence-electron chi connectivity index (χ1n) is 10.7. The summed E-state index contributed by atoms with van der Waals surface area (Å²) in [6.45, 7) is 6.67. The van der Waals surface area contributed by atoms with E-state index >= 15 is 0 Å². The van der Waals surface area contributed by atoms with E-state index in [1.807, 2.05) is 13.1 Å². The first kappa shape index (κ1) is 20.5. The van der Waals surface area contributed by atoms with E-state index in [1.54, 1.807) is 0 Å². The first-order chi connectivity index (χ1) is 15.4. The second-order valence-electron chi connectivity index (χ2n) is 8.21. The lowest BCUT2D eigenvalue weighted by Crippen LogP contribution is -2.43. The predicted octanol–water partition coefficient (Wildman–Crippen LogP) is 4.52. The van der Waals surface area contributed by atoms with Gasteiger partial charge in [-0.3, -0.25) is 0 Å². The largest absolute Gasteiger partial charge is 0.354 e. The fraction of sp³-hybridized carbons (Fsp3) is 0.292. The molecule has 6 nitrogen and oxygen atoms in total. The lowest BCUT2D eigenvalue weighted by molar-refractivity contribution is 0.00770. The van der Waals surface area contributed by atoms with E-state index in [9.17, 15) is 8.78 Å². The van der Waals surface area contributed by atoms with Gasteiger partial charge in [-0.15, -0.1) is 0 Å². The molecule has 0 amide bonds. The molecule has 1 aromatic carbocycles. The third-order valence-corrected chi connectivity index (χ3v) is 5.91. The average Bonchev–Trinajstić information content (AvgIpc) is 3.15. The number of aromatic nitrogens is 4. The molecule has 0 unspecified atom stereocenters. The summed E-state index contributed by atoms with van der Waals surface area (Å²) in [4.78, 5) is 18.1. The van der Waals surface area contributed by atoms with Gasteiger partial charge in [0.2, 0.25) is 0 Å². The minimum Gasteiger partial charge on any atom is -0.354 e. The molecule has 4 aromatic rings. The highest BCUT2D eigenvalue weighted by Crippen LogP contribution is 2.33. The summed E-state index contributed by atoms with van der Waals surface area (Å²) in [6.07, 6.45) is 4.79. The van der Waals surface area contributed by atoms with Crippen LogP contribution < -0.4 is 10.2 Å². The Bertz CT molecular complexity index is 1240. The summed E-state index contributed by atoms with van der Waals surface area (Å²) in [6, 6.07) is 10.4. The molecule has 0 atom stereocenters. The number of hydrogen-bond acceptors (Lipinski definition) is 5.